The molecule has 11 nitrogen and oxygen atoms in total. The van der Waals surface area contributed by atoms with E-state index in [1.165, 1.54) is 16.8 Å². The fourth-order valence-corrected chi connectivity index (χ4v) is 6.97. The lowest BCUT2D eigenvalue weighted by Gasteiger charge is -2.34. The maximum Gasteiger partial charge on any atom is 0.253 e. The highest BCUT2D eigenvalue weighted by atomic mass is 19.1. The van der Waals surface area contributed by atoms with Gasteiger partial charge in [-0.15, -0.1) is 10.2 Å². The number of aryl methyl sites for hydroxylation is 1. The molecule has 5 aromatic rings. The maximum absolute atomic E-state index is 16.1. The van der Waals surface area contributed by atoms with Gasteiger partial charge >= 0.3 is 0 Å². The number of piperazine rings is 2. The molecule has 1 saturated carbocycles. The van der Waals surface area contributed by atoms with Crippen molar-refractivity contribution >= 4 is 33.2 Å². The van der Waals surface area contributed by atoms with Crippen molar-refractivity contribution in [3.63, 3.8) is 0 Å². The number of halogens is 4. The molecule has 2 aromatic carbocycles. The first-order valence-corrected chi connectivity index (χ1v) is 16.5. The molecule has 3 aromatic heterocycles. The standard InChI is InChI=1S/C34H34F4N8O3/c1-42-10-12-44(13-11-42)30-25(37)15-21-29(28(30)38)45(7-4-35)17-22(32(21)48)33-40-41-34(49-33)23-18-46(19-2-3-19)26-16-27(43-8-5-39-6-9-43)24(36)14-20(26)31(23)47/h14-19,39H,2-13H2,1H3. The van der Waals surface area contributed by atoms with Crippen molar-refractivity contribution in [3.05, 3.63) is 68.5 Å². The molecule has 0 amide bonds. The highest BCUT2D eigenvalue weighted by Crippen LogP contribution is 2.39. The first-order valence-electron chi connectivity index (χ1n) is 16.5. The molecule has 2 aliphatic heterocycles. The summed E-state index contributed by atoms with van der Waals surface area (Å²) in [5.41, 5.74) is -0.978. The molecule has 0 radical (unpaired) electrons. The second-order valence-electron chi connectivity index (χ2n) is 12.9. The smallest absolute Gasteiger partial charge is 0.253 e. The number of alkyl halides is 1. The van der Waals surface area contributed by atoms with Crippen LogP contribution in [0.5, 0.6) is 0 Å². The van der Waals surface area contributed by atoms with E-state index < -0.39 is 35.0 Å². The number of aromatic nitrogens is 4. The van der Waals surface area contributed by atoms with Crippen molar-refractivity contribution < 1.29 is 22.0 Å². The van der Waals surface area contributed by atoms with Crippen molar-refractivity contribution in [3.8, 4) is 22.9 Å². The zero-order chi connectivity index (χ0) is 34.0. The van der Waals surface area contributed by atoms with Gasteiger partial charge < -0.3 is 33.6 Å². The lowest BCUT2D eigenvalue weighted by Crippen LogP contribution is -2.45. The number of nitrogens with one attached hydrogen (secondary N) is 1. The zero-order valence-electron chi connectivity index (χ0n) is 26.8. The fourth-order valence-electron chi connectivity index (χ4n) is 6.97. The molecule has 0 atom stereocenters. The molecule has 49 heavy (non-hydrogen) atoms. The number of pyridine rings is 2. The summed E-state index contributed by atoms with van der Waals surface area (Å²) in [6.45, 7) is 3.47. The van der Waals surface area contributed by atoms with Gasteiger partial charge in [0.1, 0.15) is 35.1 Å². The number of rotatable bonds is 7. The molecule has 1 N–H and O–H groups in total. The third-order valence-corrected chi connectivity index (χ3v) is 9.76. The normalized spacial score (nSPS) is 17.5. The molecular weight excluding hydrogens is 644 g/mol. The number of fused-ring (bicyclic) bond motifs is 2. The summed E-state index contributed by atoms with van der Waals surface area (Å²) in [4.78, 5) is 33.2. The summed E-state index contributed by atoms with van der Waals surface area (Å²) in [7, 11) is 1.92. The molecular formula is C34H34F4N8O3. The van der Waals surface area contributed by atoms with Crippen LogP contribution in [0.1, 0.15) is 18.9 Å². The number of likely N-dealkylation sites (N-methyl/N-ethyl adjacent to an activating group) is 1. The van der Waals surface area contributed by atoms with E-state index in [4.69, 9.17) is 4.42 Å². The molecule has 0 spiro atoms. The topological polar surface area (TPSA) is 105 Å². The van der Waals surface area contributed by atoms with E-state index in [-0.39, 0.29) is 57.5 Å². The molecule has 8 rings (SSSR count). The SMILES string of the molecule is CN1CCN(c2c(F)cc3c(=O)c(-c4nnc(-c5cn(C6CC6)c6cc(N7CCNCC7)c(F)cc6c5=O)o4)cn(CCF)c3c2F)CC1. The zero-order valence-corrected chi connectivity index (χ0v) is 26.8. The largest absolute Gasteiger partial charge is 0.416 e. The lowest BCUT2D eigenvalue weighted by atomic mass is 10.1. The van der Waals surface area contributed by atoms with Crippen LogP contribution in [0.15, 0.2) is 44.6 Å². The first kappa shape index (κ1) is 31.5. The summed E-state index contributed by atoms with van der Waals surface area (Å²) in [5.74, 6) is -2.90. The van der Waals surface area contributed by atoms with E-state index in [1.54, 1.807) is 17.2 Å². The van der Waals surface area contributed by atoms with E-state index >= 15 is 13.2 Å². The third-order valence-electron chi connectivity index (χ3n) is 9.76. The highest BCUT2D eigenvalue weighted by molar-refractivity contribution is 5.88. The number of benzene rings is 2. The number of hydrogen-bond donors (Lipinski definition) is 1. The minimum atomic E-state index is -0.952. The average molecular weight is 679 g/mol. The van der Waals surface area contributed by atoms with Gasteiger partial charge in [0.05, 0.1) is 28.7 Å². The molecule has 256 valence electrons. The number of hydrogen-bond acceptors (Lipinski definition) is 9. The van der Waals surface area contributed by atoms with Crippen LogP contribution in [0.25, 0.3) is 44.7 Å². The van der Waals surface area contributed by atoms with Crippen molar-refractivity contribution in [2.24, 2.45) is 0 Å². The Bertz CT molecular complexity index is 2220. The molecule has 0 unspecified atom stereocenters. The van der Waals surface area contributed by atoms with E-state index in [9.17, 15) is 14.0 Å². The van der Waals surface area contributed by atoms with Gasteiger partial charge in [0.2, 0.25) is 10.9 Å². The van der Waals surface area contributed by atoms with Crippen LogP contribution < -0.4 is 26.0 Å². The molecule has 5 heterocycles. The Kier molecular flexibility index (Phi) is 7.90. The van der Waals surface area contributed by atoms with Crippen LogP contribution in [0.3, 0.4) is 0 Å². The van der Waals surface area contributed by atoms with Crippen molar-refractivity contribution in [1.82, 2.24) is 29.5 Å². The monoisotopic (exact) mass is 678 g/mol. The molecule has 15 heteroatoms. The maximum atomic E-state index is 16.1. The predicted octanol–water partition coefficient (Wildman–Crippen LogP) is 3.92. The second kappa shape index (κ2) is 12.3. The molecule has 0 bridgehead atoms. The van der Waals surface area contributed by atoms with Crippen LogP contribution in [-0.2, 0) is 6.54 Å². The Morgan fingerprint density at radius 3 is 2.16 bits per heavy atom. The summed E-state index contributed by atoms with van der Waals surface area (Å²) in [6.07, 6.45) is 4.58. The Labute approximate surface area is 277 Å². The van der Waals surface area contributed by atoms with Crippen LogP contribution in [0, 0.1) is 17.5 Å². The van der Waals surface area contributed by atoms with E-state index in [1.807, 2.05) is 21.4 Å². The Balaban J connectivity index is 1.23. The number of anilines is 2. The van der Waals surface area contributed by atoms with Crippen LogP contribution in [0.2, 0.25) is 0 Å². The van der Waals surface area contributed by atoms with Gasteiger partial charge in [-0.2, -0.15) is 0 Å². The van der Waals surface area contributed by atoms with Crippen LogP contribution >= 0.6 is 0 Å². The summed E-state index contributed by atoms with van der Waals surface area (Å²) < 4.78 is 69.9. The minimum absolute atomic E-state index is 0.0197. The Morgan fingerprint density at radius 1 is 0.837 bits per heavy atom. The van der Waals surface area contributed by atoms with Crippen LogP contribution in [-0.4, -0.2) is 90.3 Å². The van der Waals surface area contributed by atoms with Crippen LogP contribution in [0.4, 0.5) is 28.9 Å². The van der Waals surface area contributed by atoms with E-state index in [2.05, 4.69) is 15.5 Å². The lowest BCUT2D eigenvalue weighted by molar-refractivity contribution is 0.310. The summed E-state index contributed by atoms with van der Waals surface area (Å²) in [6, 6.07) is 4.02. The van der Waals surface area contributed by atoms with Crippen molar-refractivity contribution in [2.45, 2.75) is 25.4 Å². The van der Waals surface area contributed by atoms with Gasteiger partial charge in [0.25, 0.3) is 11.8 Å². The minimum Gasteiger partial charge on any atom is -0.416 e. The Morgan fingerprint density at radius 2 is 1.49 bits per heavy atom. The first-order chi connectivity index (χ1) is 23.7. The van der Waals surface area contributed by atoms with Gasteiger partial charge in [-0.05, 0) is 38.1 Å². The molecule has 3 aliphatic rings. The fraction of sp³-hybridized carbons (Fsp3) is 0.412. The molecule has 3 fully saturated rings. The van der Waals surface area contributed by atoms with Crippen molar-refractivity contribution in [1.29, 1.82) is 0 Å². The van der Waals surface area contributed by atoms with Gasteiger partial charge in [0.15, 0.2) is 5.82 Å². The summed E-state index contributed by atoms with van der Waals surface area (Å²) in [5, 5.41) is 11.2. The molecule has 2 saturated heterocycles. The average Bonchev–Trinajstić information content (AvgIpc) is 3.83. The third kappa shape index (κ3) is 5.44. The van der Waals surface area contributed by atoms with Gasteiger partial charge in [-0.3, -0.25) is 9.59 Å². The predicted molar refractivity (Wildman–Crippen MR) is 178 cm³/mol. The van der Waals surface area contributed by atoms with Gasteiger partial charge in [-0.1, -0.05) is 0 Å². The van der Waals surface area contributed by atoms with E-state index in [0.717, 1.165) is 32.0 Å². The van der Waals surface area contributed by atoms with Crippen molar-refractivity contribution in [2.75, 3.05) is 75.9 Å². The van der Waals surface area contributed by atoms with Gasteiger partial charge in [-0.25, -0.2) is 17.6 Å². The van der Waals surface area contributed by atoms with Gasteiger partial charge in [0, 0.05) is 76.2 Å². The summed E-state index contributed by atoms with van der Waals surface area (Å²) >= 11 is 0. The molecule has 1 aliphatic carbocycles. The highest BCUT2D eigenvalue weighted by Gasteiger charge is 2.30. The number of nitrogens with zero attached hydrogens (tertiary/aromatic N) is 7. The Hall–Kier alpha value is -4.76. The second-order valence-corrected chi connectivity index (χ2v) is 12.9. The van der Waals surface area contributed by atoms with E-state index in [0.29, 0.717) is 50.5 Å². The quantitative estimate of drug-likeness (QED) is 0.257.